The SMILES string of the molecule is Cc1cc(Cl)nc(N(C)C2CCNC2)n1. The third-order valence-electron chi connectivity index (χ3n) is 2.71. The molecule has 1 unspecified atom stereocenters. The second kappa shape index (κ2) is 4.33. The van der Waals surface area contributed by atoms with E-state index in [0.717, 1.165) is 25.2 Å². The molecule has 2 heterocycles. The zero-order chi connectivity index (χ0) is 10.8. The van der Waals surface area contributed by atoms with Crippen LogP contribution in [0.15, 0.2) is 6.07 Å². The summed E-state index contributed by atoms with van der Waals surface area (Å²) in [5.74, 6) is 0.716. The van der Waals surface area contributed by atoms with E-state index in [1.165, 1.54) is 0 Å². The Kier molecular flexibility index (Phi) is 3.07. The van der Waals surface area contributed by atoms with E-state index < -0.39 is 0 Å². The molecule has 1 fully saturated rings. The first-order valence-electron chi connectivity index (χ1n) is 5.11. The number of hydrogen-bond acceptors (Lipinski definition) is 4. The van der Waals surface area contributed by atoms with E-state index in [4.69, 9.17) is 11.6 Å². The van der Waals surface area contributed by atoms with Crippen LogP contribution in [0.4, 0.5) is 5.95 Å². The van der Waals surface area contributed by atoms with Crippen molar-refractivity contribution >= 4 is 17.5 Å². The third-order valence-corrected chi connectivity index (χ3v) is 2.90. The van der Waals surface area contributed by atoms with Gasteiger partial charge in [-0.25, -0.2) is 9.97 Å². The minimum absolute atomic E-state index is 0.475. The van der Waals surface area contributed by atoms with Crippen LogP contribution >= 0.6 is 11.6 Å². The zero-order valence-corrected chi connectivity index (χ0v) is 9.75. The Morgan fingerprint density at radius 2 is 2.33 bits per heavy atom. The Hall–Kier alpha value is -0.870. The maximum atomic E-state index is 5.91. The molecule has 1 N–H and O–H groups in total. The zero-order valence-electron chi connectivity index (χ0n) is 9.00. The van der Waals surface area contributed by atoms with Crippen molar-refractivity contribution in [3.05, 3.63) is 16.9 Å². The fourth-order valence-corrected chi connectivity index (χ4v) is 2.04. The molecule has 0 amide bonds. The van der Waals surface area contributed by atoms with Gasteiger partial charge in [0.15, 0.2) is 0 Å². The monoisotopic (exact) mass is 226 g/mol. The van der Waals surface area contributed by atoms with E-state index in [0.29, 0.717) is 17.1 Å². The highest BCUT2D eigenvalue weighted by Crippen LogP contribution is 2.16. The van der Waals surface area contributed by atoms with Crippen molar-refractivity contribution in [3.8, 4) is 0 Å². The highest BCUT2D eigenvalue weighted by molar-refractivity contribution is 6.29. The van der Waals surface area contributed by atoms with Gasteiger partial charge >= 0.3 is 0 Å². The fourth-order valence-electron chi connectivity index (χ4n) is 1.81. The van der Waals surface area contributed by atoms with E-state index in [9.17, 15) is 0 Å². The smallest absolute Gasteiger partial charge is 0.227 e. The standard InChI is InChI=1S/C10H15ClN4/c1-7-5-9(11)14-10(13-7)15(2)8-3-4-12-6-8/h5,8,12H,3-4,6H2,1-2H3. The first-order valence-corrected chi connectivity index (χ1v) is 5.49. The molecule has 5 heteroatoms. The molecular weight excluding hydrogens is 212 g/mol. The lowest BCUT2D eigenvalue weighted by Gasteiger charge is -2.23. The summed E-state index contributed by atoms with van der Waals surface area (Å²) in [4.78, 5) is 10.7. The second-order valence-electron chi connectivity index (χ2n) is 3.89. The summed E-state index contributed by atoms with van der Waals surface area (Å²) in [5.41, 5.74) is 0.905. The minimum Gasteiger partial charge on any atom is -0.340 e. The predicted molar refractivity (Wildman–Crippen MR) is 61.5 cm³/mol. The van der Waals surface area contributed by atoms with E-state index in [1.807, 2.05) is 14.0 Å². The summed E-state index contributed by atoms with van der Waals surface area (Å²) < 4.78 is 0. The number of nitrogens with zero attached hydrogens (tertiary/aromatic N) is 3. The summed E-state index contributed by atoms with van der Waals surface area (Å²) in [5, 5.41) is 3.83. The summed E-state index contributed by atoms with van der Waals surface area (Å²) in [6.07, 6.45) is 1.13. The second-order valence-corrected chi connectivity index (χ2v) is 4.28. The van der Waals surface area contributed by atoms with Crippen LogP contribution in [0.2, 0.25) is 5.15 Å². The first kappa shape index (κ1) is 10.6. The molecule has 1 aromatic rings. The summed E-state index contributed by atoms with van der Waals surface area (Å²) in [6.45, 7) is 3.98. The van der Waals surface area contributed by atoms with Crippen LogP contribution in [0.1, 0.15) is 12.1 Å². The molecule has 0 saturated carbocycles. The van der Waals surface area contributed by atoms with Crippen molar-refractivity contribution in [2.24, 2.45) is 0 Å². The van der Waals surface area contributed by atoms with E-state index >= 15 is 0 Å². The van der Waals surface area contributed by atoms with Gasteiger partial charge in [0, 0.05) is 25.3 Å². The topological polar surface area (TPSA) is 41.1 Å². The molecule has 82 valence electrons. The average Bonchev–Trinajstić information content (AvgIpc) is 2.67. The lowest BCUT2D eigenvalue weighted by Crippen LogP contribution is -2.34. The highest BCUT2D eigenvalue weighted by Gasteiger charge is 2.21. The van der Waals surface area contributed by atoms with Gasteiger partial charge in [0.1, 0.15) is 5.15 Å². The normalized spacial score (nSPS) is 20.6. The Morgan fingerprint density at radius 1 is 1.53 bits per heavy atom. The average molecular weight is 227 g/mol. The van der Waals surface area contributed by atoms with Crippen LogP contribution in [0, 0.1) is 6.92 Å². The van der Waals surface area contributed by atoms with Gasteiger partial charge in [-0.15, -0.1) is 0 Å². The lowest BCUT2D eigenvalue weighted by atomic mass is 10.2. The summed E-state index contributed by atoms with van der Waals surface area (Å²) in [7, 11) is 2.02. The molecule has 1 aliphatic rings. The van der Waals surface area contributed by atoms with Gasteiger partial charge in [-0.1, -0.05) is 11.6 Å². The van der Waals surface area contributed by atoms with Gasteiger partial charge in [-0.3, -0.25) is 0 Å². The Morgan fingerprint density at radius 3 is 2.93 bits per heavy atom. The Balaban J connectivity index is 2.20. The van der Waals surface area contributed by atoms with Crippen molar-refractivity contribution in [1.29, 1.82) is 0 Å². The number of anilines is 1. The largest absolute Gasteiger partial charge is 0.340 e. The van der Waals surface area contributed by atoms with Crippen molar-refractivity contribution in [2.75, 3.05) is 25.0 Å². The molecule has 0 radical (unpaired) electrons. The van der Waals surface area contributed by atoms with Gasteiger partial charge in [-0.05, 0) is 26.0 Å². The molecule has 1 aliphatic heterocycles. The van der Waals surface area contributed by atoms with E-state index in [1.54, 1.807) is 6.07 Å². The van der Waals surface area contributed by atoms with Crippen molar-refractivity contribution in [3.63, 3.8) is 0 Å². The fraction of sp³-hybridized carbons (Fsp3) is 0.600. The number of aromatic nitrogens is 2. The van der Waals surface area contributed by atoms with Crippen molar-refractivity contribution < 1.29 is 0 Å². The van der Waals surface area contributed by atoms with E-state index in [2.05, 4.69) is 20.2 Å². The van der Waals surface area contributed by atoms with Gasteiger partial charge in [0.2, 0.25) is 5.95 Å². The molecule has 2 rings (SSSR count). The van der Waals surface area contributed by atoms with Gasteiger partial charge in [-0.2, -0.15) is 0 Å². The van der Waals surface area contributed by atoms with Crippen LogP contribution in [0.25, 0.3) is 0 Å². The molecule has 15 heavy (non-hydrogen) atoms. The molecule has 0 aromatic carbocycles. The lowest BCUT2D eigenvalue weighted by molar-refractivity contribution is 0.667. The van der Waals surface area contributed by atoms with E-state index in [-0.39, 0.29) is 0 Å². The molecule has 0 bridgehead atoms. The van der Waals surface area contributed by atoms with Gasteiger partial charge in [0.25, 0.3) is 0 Å². The molecule has 0 aliphatic carbocycles. The van der Waals surface area contributed by atoms with Crippen LogP contribution in [-0.2, 0) is 0 Å². The summed E-state index contributed by atoms with van der Waals surface area (Å²) in [6, 6.07) is 2.24. The van der Waals surface area contributed by atoms with Crippen LogP contribution in [0.3, 0.4) is 0 Å². The number of nitrogens with one attached hydrogen (secondary N) is 1. The van der Waals surface area contributed by atoms with Crippen molar-refractivity contribution in [2.45, 2.75) is 19.4 Å². The predicted octanol–water partition coefficient (Wildman–Crippen LogP) is 1.24. The van der Waals surface area contributed by atoms with Gasteiger partial charge < -0.3 is 10.2 Å². The summed E-state index contributed by atoms with van der Waals surface area (Å²) >= 11 is 5.91. The molecule has 1 saturated heterocycles. The van der Waals surface area contributed by atoms with Crippen LogP contribution in [-0.4, -0.2) is 36.1 Å². The maximum Gasteiger partial charge on any atom is 0.227 e. The number of likely N-dealkylation sites (N-methyl/N-ethyl adjacent to an activating group) is 1. The molecular formula is C10H15ClN4. The van der Waals surface area contributed by atoms with Gasteiger partial charge in [0.05, 0.1) is 0 Å². The number of halogens is 1. The first-order chi connectivity index (χ1) is 7.16. The van der Waals surface area contributed by atoms with Crippen LogP contribution in [0.5, 0.6) is 0 Å². The molecule has 4 nitrogen and oxygen atoms in total. The number of aryl methyl sites for hydroxylation is 1. The number of rotatable bonds is 2. The molecule has 0 spiro atoms. The Labute approximate surface area is 94.7 Å². The minimum atomic E-state index is 0.475. The molecule has 1 atom stereocenters. The number of hydrogen-bond donors (Lipinski definition) is 1. The highest BCUT2D eigenvalue weighted by atomic mass is 35.5. The maximum absolute atomic E-state index is 5.91. The van der Waals surface area contributed by atoms with Crippen molar-refractivity contribution in [1.82, 2.24) is 15.3 Å². The quantitative estimate of drug-likeness (QED) is 0.771. The van der Waals surface area contributed by atoms with Crippen LogP contribution < -0.4 is 10.2 Å². The molecule has 1 aromatic heterocycles. The Bertz CT molecular complexity index is 329. The third kappa shape index (κ3) is 2.38.